The van der Waals surface area contributed by atoms with E-state index in [-0.39, 0.29) is 18.7 Å². The van der Waals surface area contributed by atoms with Gasteiger partial charge in [-0.05, 0) is 29.8 Å². The number of rotatable bonds is 9. The number of ether oxygens (including phenoxy) is 2. The average Bonchev–Trinajstić information content (AvgIpc) is 2.84. The second-order valence-corrected chi connectivity index (χ2v) is 7.11. The molecule has 0 aliphatic carbocycles. The maximum atomic E-state index is 11.5. The minimum atomic E-state index is -0.992. The van der Waals surface area contributed by atoms with Gasteiger partial charge in [0.2, 0.25) is 5.91 Å². The number of carbonyl (C=O) groups excluding carboxylic acids is 2. The number of methoxy groups -OCH3 is 1. The van der Waals surface area contributed by atoms with Gasteiger partial charge in [-0.1, -0.05) is 23.7 Å². The summed E-state index contributed by atoms with van der Waals surface area (Å²) >= 11 is 6.13. The highest BCUT2D eigenvalue weighted by Crippen LogP contribution is 2.32. The second kappa shape index (κ2) is 13.4. The van der Waals surface area contributed by atoms with Gasteiger partial charge in [0, 0.05) is 31.4 Å². The third-order valence-electron chi connectivity index (χ3n) is 4.19. The lowest BCUT2D eigenvalue weighted by molar-refractivity contribution is -0.138. The fourth-order valence-corrected chi connectivity index (χ4v) is 2.64. The average molecular weight is 487 g/mol. The predicted molar refractivity (Wildman–Crippen MR) is 124 cm³/mol. The Kier molecular flexibility index (Phi) is 10.3. The standard InChI is InChI=1S/C18H18ClNO5.C5H5N3O/c1-24-14-6-7-16(15(19)10-14)25-13-4-2-12(3-5-13)11-20-17(21)8-9-18(22)23;6-5(9)4-1-7-3-8-2-4/h2-7,10H,8-9,11H2,1H3,(H,20,21)(H,22,23);1-3H,(H2,6,9). The van der Waals surface area contributed by atoms with E-state index in [0.717, 1.165) is 5.56 Å². The molecule has 0 unspecified atom stereocenters. The van der Waals surface area contributed by atoms with Crippen molar-refractivity contribution in [3.8, 4) is 17.2 Å². The van der Waals surface area contributed by atoms with Crippen molar-refractivity contribution in [3.05, 3.63) is 77.3 Å². The van der Waals surface area contributed by atoms with E-state index >= 15 is 0 Å². The maximum absolute atomic E-state index is 11.5. The number of carboxylic acid groups (broad SMARTS) is 1. The van der Waals surface area contributed by atoms with Gasteiger partial charge in [-0.2, -0.15) is 0 Å². The van der Waals surface area contributed by atoms with Crippen LogP contribution >= 0.6 is 11.6 Å². The molecule has 0 radical (unpaired) electrons. The van der Waals surface area contributed by atoms with E-state index in [0.29, 0.717) is 34.4 Å². The molecular weight excluding hydrogens is 464 g/mol. The van der Waals surface area contributed by atoms with Gasteiger partial charge in [0.05, 0.1) is 24.1 Å². The first-order valence-corrected chi connectivity index (χ1v) is 10.3. The second-order valence-electron chi connectivity index (χ2n) is 6.70. The number of carbonyl (C=O) groups is 3. The third-order valence-corrected chi connectivity index (χ3v) is 4.49. The molecule has 0 fully saturated rings. The lowest BCUT2D eigenvalue weighted by Gasteiger charge is -2.10. The summed E-state index contributed by atoms with van der Waals surface area (Å²) in [7, 11) is 1.56. The van der Waals surface area contributed by atoms with Gasteiger partial charge in [-0.3, -0.25) is 14.4 Å². The Hall–Kier alpha value is -4.18. The van der Waals surface area contributed by atoms with Crippen LogP contribution in [-0.2, 0) is 16.1 Å². The fraction of sp³-hybridized carbons (Fsp3) is 0.174. The minimum Gasteiger partial charge on any atom is -0.497 e. The molecule has 2 aromatic carbocycles. The van der Waals surface area contributed by atoms with Crippen LogP contribution in [0, 0.1) is 0 Å². The number of aliphatic carboxylic acids is 1. The topological polar surface area (TPSA) is 154 Å². The van der Waals surface area contributed by atoms with Crippen LogP contribution in [0.1, 0.15) is 28.8 Å². The van der Waals surface area contributed by atoms with Crippen molar-refractivity contribution in [3.63, 3.8) is 0 Å². The van der Waals surface area contributed by atoms with Crippen LogP contribution in [-0.4, -0.2) is 40.0 Å². The lowest BCUT2D eigenvalue weighted by atomic mass is 10.2. The number of nitrogens with one attached hydrogen (secondary N) is 1. The smallest absolute Gasteiger partial charge is 0.303 e. The van der Waals surface area contributed by atoms with Gasteiger partial charge >= 0.3 is 5.97 Å². The fourth-order valence-electron chi connectivity index (χ4n) is 2.43. The molecule has 178 valence electrons. The summed E-state index contributed by atoms with van der Waals surface area (Å²) in [5, 5.41) is 11.6. The molecule has 0 saturated carbocycles. The SMILES string of the molecule is COc1ccc(Oc2ccc(CNC(=O)CCC(=O)O)cc2)c(Cl)c1.NC(=O)c1cncnc1. The molecule has 4 N–H and O–H groups in total. The molecule has 34 heavy (non-hydrogen) atoms. The number of halogens is 1. The molecular formula is C23H23ClN4O6. The van der Waals surface area contributed by atoms with Crippen molar-refractivity contribution in [2.24, 2.45) is 5.73 Å². The Morgan fingerprint density at radius 1 is 1.03 bits per heavy atom. The number of amides is 2. The van der Waals surface area contributed by atoms with Crippen LogP contribution in [0.15, 0.2) is 61.2 Å². The number of hydrogen-bond acceptors (Lipinski definition) is 7. The Balaban J connectivity index is 0.000000379. The summed E-state index contributed by atoms with van der Waals surface area (Å²) in [6.45, 7) is 0.321. The van der Waals surface area contributed by atoms with Crippen molar-refractivity contribution in [1.82, 2.24) is 15.3 Å². The predicted octanol–water partition coefficient (Wildman–Crippen LogP) is 3.20. The number of nitrogens with zero attached hydrogens (tertiary/aromatic N) is 2. The summed E-state index contributed by atoms with van der Waals surface area (Å²) in [5.74, 6) is -0.0336. The molecule has 3 rings (SSSR count). The highest BCUT2D eigenvalue weighted by atomic mass is 35.5. The van der Waals surface area contributed by atoms with E-state index in [1.807, 2.05) is 12.1 Å². The van der Waals surface area contributed by atoms with E-state index in [4.69, 9.17) is 31.9 Å². The molecule has 0 bridgehead atoms. The van der Waals surface area contributed by atoms with E-state index < -0.39 is 11.9 Å². The molecule has 0 aliphatic rings. The monoisotopic (exact) mass is 486 g/mol. The zero-order chi connectivity index (χ0) is 24.9. The first-order chi connectivity index (χ1) is 16.3. The summed E-state index contributed by atoms with van der Waals surface area (Å²) in [5.41, 5.74) is 6.10. The summed E-state index contributed by atoms with van der Waals surface area (Å²) in [6, 6.07) is 12.3. The number of primary amides is 1. The number of carboxylic acids is 1. The molecule has 11 heteroatoms. The summed E-state index contributed by atoms with van der Waals surface area (Å²) < 4.78 is 10.8. The molecule has 0 aliphatic heterocycles. The van der Waals surface area contributed by atoms with Gasteiger partial charge in [-0.25, -0.2) is 9.97 Å². The van der Waals surface area contributed by atoms with E-state index in [1.165, 1.54) is 18.7 Å². The van der Waals surface area contributed by atoms with Gasteiger partial charge < -0.3 is 25.6 Å². The molecule has 0 saturated heterocycles. The zero-order valence-corrected chi connectivity index (χ0v) is 19.0. The van der Waals surface area contributed by atoms with Gasteiger partial charge in [-0.15, -0.1) is 0 Å². The van der Waals surface area contributed by atoms with Crippen LogP contribution in [0.4, 0.5) is 0 Å². The number of nitrogens with two attached hydrogens (primary N) is 1. The summed E-state index contributed by atoms with van der Waals surface area (Å²) in [4.78, 5) is 39.4. The van der Waals surface area contributed by atoms with Crippen molar-refractivity contribution < 1.29 is 29.0 Å². The van der Waals surface area contributed by atoms with E-state index in [2.05, 4.69) is 15.3 Å². The molecule has 0 spiro atoms. The molecule has 10 nitrogen and oxygen atoms in total. The highest BCUT2D eigenvalue weighted by Gasteiger charge is 2.07. The Morgan fingerprint density at radius 2 is 1.68 bits per heavy atom. The molecule has 2 amide bonds. The molecule has 3 aromatic rings. The van der Waals surface area contributed by atoms with Crippen molar-refractivity contribution in [1.29, 1.82) is 0 Å². The molecule has 0 atom stereocenters. The normalized spacial score (nSPS) is 9.82. The van der Waals surface area contributed by atoms with Crippen molar-refractivity contribution >= 4 is 29.4 Å². The lowest BCUT2D eigenvalue weighted by Crippen LogP contribution is -2.23. The number of aromatic nitrogens is 2. The summed E-state index contributed by atoms with van der Waals surface area (Å²) in [6.07, 6.45) is 3.87. The van der Waals surface area contributed by atoms with Crippen LogP contribution in [0.2, 0.25) is 5.02 Å². The van der Waals surface area contributed by atoms with Crippen molar-refractivity contribution in [2.75, 3.05) is 7.11 Å². The quantitative estimate of drug-likeness (QED) is 0.416. The van der Waals surface area contributed by atoms with Crippen LogP contribution in [0.3, 0.4) is 0 Å². The minimum absolute atomic E-state index is 0.0352. The van der Waals surface area contributed by atoms with E-state index in [1.54, 1.807) is 37.4 Å². The zero-order valence-electron chi connectivity index (χ0n) is 18.2. The Bertz CT molecular complexity index is 1110. The highest BCUT2D eigenvalue weighted by molar-refractivity contribution is 6.32. The number of benzene rings is 2. The van der Waals surface area contributed by atoms with Gasteiger partial charge in [0.15, 0.2) is 0 Å². The van der Waals surface area contributed by atoms with Gasteiger partial charge in [0.1, 0.15) is 23.6 Å². The largest absolute Gasteiger partial charge is 0.497 e. The molecule has 1 aromatic heterocycles. The van der Waals surface area contributed by atoms with E-state index in [9.17, 15) is 14.4 Å². The Morgan fingerprint density at radius 3 is 2.21 bits per heavy atom. The van der Waals surface area contributed by atoms with Crippen LogP contribution in [0.5, 0.6) is 17.2 Å². The molecule has 1 heterocycles. The Labute approximate surface area is 200 Å². The van der Waals surface area contributed by atoms with Gasteiger partial charge in [0.25, 0.3) is 5.91 Å². The van der Waals surface area contributed by atoms with Crippen LogP contribution < -0.4 is 20.5 Å². The first kappa shape index (κ1) is 26.1. The van der Waals surface area contributed by atoms with Crippen molar-refractivity contribution in [2.45, 2.75) is 19.4 Å². The third kappa shape index (κ3) is 9.13. The first-order valence-electron chi connectivity index (χ1n) is 9.92. The number of hydrogen-bond donors (Lipinski definition) is 3. The maximum Gasteiger partial charge on any atom is 0.303 e. The van der Waals surface area contributed by atoms with Crippen LogP contribution in [0.25, 0.3) is 0 Å².